The van der Waals surface area contributed by atoms with E-state index < -0.39 is 0 Å². The summed E-state index contributed by atoms with van der Waals surface area (Å²) in [6.45, 7) is 12.1. The van der Waals surface area contributed by atoms with Crippen LogP contribution in [0.3, 0.4) is 0 Å². The van der Waals surface area contributed by atoms with Gasteiger partial charge in [-0.1, -0.05) is 45.9 Å². The van der Waals surface area contributed by atoms with Crippen LogP contribution in [-0.4, -0.2) is 21.7 Å². The highest BCUT2D eigenvalue weighted by Gasteiger charge is 2.49. The Kier molecular flexibility index (Phi) is 5.08. The number of aryl methyl sites for hydroxylation is 1. The van der Waals surface area contributed by atoms with E-state index in [9.17, 15) is 9.59 Å². The summed E-state index contributed by atoms with van der Waals surface area (Å²) in [5.41, 5.74) is 8.23. The number of nitrogens with zero attached hydrogens (tertiary/aromatic N) is 2. The fourth-order valence-electron chi connectivity index (χ4n) is 5.99. The molecule has 1 aromatic carbocycles. The molecule has 2 amide bonds. The van der Waals surface area contributed by atoms with Crippen molar-refractivity contribution in [2.45, 2.75) is 102 Å². The number of piperidine rings is 1. The van der Waals surface area contributed by atoms with Crippen LogP contribution in [0.4, 0.5) is 0 Å². The predicted molar refractivity (Wildman–Crippen MR) is 130 cm³/mol. The summed E-state index contributed by atoms with van der Waals surface area (Å²) >= 11 is 0. The molecule has 4 heteroatoms. The fraction of sp³-hybridized carbons (Fsp3) is 0.552. The zero-order valence-corrected chi connectivity index (χ0v) is 20.8. The fourth-order valence-corrected chi connectivity index (χ4v) is 5.99. The van der Waals surface area contributed by atoms with Crippen LogP contribution in [0, 0.1) is 6.92 Å². The summed E-state index contributed by atoms with van der Waals surface area (Å²) in [4.78, 5) is 30.6. The molecule has 2 aliphatic carbocycles. The third kappa shape index (κ3) is 3.72. The molecule has 5 rings (SSSR count). The molecule has 0 spiro atoms. The van der Waals surface area contributed by atoms with E-state index in [1.165, 1.54) is 40.0 Å². The lowest BCUT2D eigenvalue weighted by molar-refractivity contribution is -0.148. The Balaban J connectivity index is 1.46. The number of hydrogen-bond donors (Lipinski definition) is 0. The molecule has 1 aliphatic heterocycles. The molecule has 0 unspecified atom stereocenters. The zero-order chi connectivity index (χ0) is 23.6. The van der Waals surface area contributed by atoms with Crippen molar-refractivity contribution in [3.05, 3.63) is 64.0 Å². The molecule has 0 N–H and O–H groups in total. The first kappa shape index (κ1) is 22.3. The Morgan fingerprint density at radius 2 is 1.45 bits per heavy atom. The second-order valence-corrected chi connectivity index (χ2v) is 11.8. The van der Waals surface area contributed by atoms with E-state index in [-0.39, 0.29) is 28.1 Å². The number of fused-ring (bicyclic) bond motifs is 1. The van der Waals surface area contributed by atoms with Gasteiger partial charge in [-0.05, 0) is 83.7 Å². The van der Waals surface area contributed by atoms with Crippen LogP contribution < -0.4 is 0 Å². The molecule has 2 heterocycles. The number of aromatic nitrogens is 1. The molecule has 0 bridgehead atoms. The van der Waals surface area contributed by atoms with Crippen LogP contribution in [0.1, 0.15) is 106 Å². The SMILES string of the molecule is Cc1cc2c(cc1C1(c3ccc(CN4C(=O)CCCC4=O)cn3)CC1)C(C)(C)CCC2(C)C. The number of pyridine rings is 1. The lowest BCUT2D eigenvalue weighted by Crippen LogP contribution is -2.39. The number of likely N-dealkylation sites (tertiary alicyclic amines) is 1. The summed E-state index contributed by atoms with van der Waals surface area (Å²) in [6.07, 6.45) is 8.13. The van der Waals surface area contributed by atoms with E-state index >= 15 is 0 Å². The molecule has 0 radical (unpaired) electrons. The Hall–Kier alpha value is -2.49. The monoisotopic (exact) mass is 444 g/mol. The maximum atomic E-state index is 12.2. The van der Waals surface area contributed by atoms with Gasteiger partial charge in [-0.15, -0.1) is 0 Å². The Morgan fingerprint density at radius 1 is 0.848 bits per heavy atom. The molecule has 3 aliphatic rings. The lowest BCUT2D eigenvalue weighted by Gasteiger charge is -2.43. The number of carbonyl (C=O) groups excluding carboxylic acids is 2. The quantitative estimate of drug-likeness (QED) is 0.555. The average Bonchev–Trinajstić information content (AvgIpc) is 3.56. The van der Waals surface area contributed by atoms with Gasteiger partial charge in [0, 0.05) is 24.5 Å². The van der Waals surface area contributed by atoms with E-state index in [1.807, 2.05) is 6.20 Å². The highest BCUT2D eigenvalue weighted by molar-refractivity contribution is 5.97. The molecule has 2 aromatic rings. The van der Waals surface area contributed by atoms with Crippen molar-refractivity contribution in [3.63, 3.8) is 0 Å². The number of amides is 2. The van der Waals surface area contributed by atoms with Gasteiger partial charge in [0.2, 0.25) is 11.8 Å². The van der Waals surface area contributed by atoms with Gasteiger partial charge in [0.15, 0.2) is 0 Å². The minimum Gasteiger partial charge on any atom is -0.278 e. The van der Waals surface area contributed by atoms with Crippen LogP contribution >= 0.6 is 0 Å². The van der Waals surface area contributed by atoms with Crippen molar-refractivity contribution >= 4 is 11.8 Å². The zero-order valence-electron chi connectivity index (χ0n) is 20.8. The van der Waals surface area contributed by atoms with Gasteiger partial charge in [-0.3, -0.25) is 19.5 Å². The van der Waals surface area contributed by atoms with E-state index in [1.54, 1.807) is 0 Å². The normalized spacial score (nSPS) is 22.8. The number of carbonyl (C=O) groups is 2. The summed E-state index contributed by atoms with van der Waals surface area (Å²) in [7, 11) is 0. The van der Waals surface area contributed by atoms with Crippen LogP contribution in [0.2, 0.25) is 0 Å². The molecule has 33 heavy (non-hydrogen) atoms. The molecule has 1 saturated carbocycles. The van der Waals surface area contributed by atoms with E-state index in [0.717, 1.165) is 24.1 Å². The molecule has 2 fully saturated rings. The highest BCUT2D eigenvalue weighted by Crippen LogP contribution is 2.56. The van der Waals surface area contributed by atoms with Crippen molar-refractivity contribution < 1.29 is 9.59 Å². The third-order valence-corrected chi connectivity index (χ3v) is 8.50. The largest absolute Gasteiger partial charge is 0.278 e. The number of benzene rings is 1. The summed E-state index contributed by atoms with van der Waals surface area (Å²) in [5.74, 6) is -0.131. The second kappa shape index (κ2) is 7.51. The highest BCUT2D eigenvalue weighted by atomic mass is 16.2. The predicted octanol–water partition coefficient (Wildman–Crippen LogP) is 5.86. The summed E-state index contributed by atoms with van der Waals surface area (Å²) in [5, 5.41) is 0. The summed E-state index contributed by atoms with van der Waals surface area (Å²) < 4.78 is 0. The minimum absolute atomic E-state index is 0.00786. The molecule has 1 saturated heterocycles. The van der Waals surface area contributed by atoms with E-state index in [0.29, 0.717) is 25.8 Å². The first-order valence-electron chi connectivity index (χ1n) is 12.5. The number of imide groups is 1. The van der Waals surface area contributed by atoms with Crippen LogP contribution in [0.25, 0.3) is 0 Å². The van der Waals surface area contributed by atoms with E-state index in [2.05, 4.69) is 58.9 Å². The van der Waals surface area contributed by atoms with E-state index in [4.69, 9.17) is 4.98 Å². The van der Waals surface area contributed by atoms with Gasteiger partial charge in [0.25, 0.3) is 0 Å². The molecular weight excluding hydrogens is 408 g/mol. The smallest absolute Gasteiger partial charge is 0.229 e. The van der Waals surface area contributed by atoms with Gasteiger partial charge in [-0.25, -0.2) is 0 Å². The molecular formula is C29H36N2O2. The first-order chi connectivity index (χ1) is 15.5. The average molecular weight is 445 g/mol. The maximum Gasteiger partial charge on any atom is 0.229 e. The maximum absolute atomic E-state index is 12.2. The number of hydrogen-bond acceptors (Lipinski definition) is 3. The van der Waals surface area contributed by atoms with Crippen molar-refractivity contribution in [1.82, 2.24) is 9.88 Å². The first-order valence-corrected chi connectivity index (χ1v) is 12.5. The van der Waals surface area contributed by atoms with Gasteiger partial charge < -0.3 is 0 Å². The van der Waals surface area contributed by atoms with Gasteiger partial charge in [0.05, 0.1) is 12.2 Å². The van der Waals surface area contributed by atoms with Crippen molar-refractivity contribution in [1.29, 1.82) is 0 Å². The Bertz CT molecular complexity index is 1110. The molecule has 174 valence electrons. The second-order valence-electron chi connectivity index (χ2n) is 11.8. The topological polar surface area (TPSA) is 50.3 Å². The third-order valence-electron chi connectivity index (χ3n) is 8.50. The van der Waals surface area contributed by atoms with Crippen LogP contribution in [-0.2, 0) is 32.4 Å². The molecule has 0 atom stereocenters. The van der Waals surface area contributed by atoms with Gasteiger partial charge in [-0.2, -0.15) is 0 Å². The Labute approximate surface area is 197 Å². The lowest BCUT2D eigenvalue weighted by atomic mass is 9.62. The molecule has 1 aromatic heterocycles. The van der Waals surface area contributed by atoms with Gasteiger partial charge >= 0.3 is 0 Å². The standard InChI is InChI=1S/C29H36N2O2/c1-19-15-22-23(28(4,5)12-11-27(22,2)3)16-21(19)29(13-14-29)24-10-9-20(17-30-24)18-31-25(32)7-6-8-26(31)33/h9-10,15-17H,6-8,11-14,18H2,1-5H3. The molecule has 4 nitrogen and oxygen atoms in total. The van der Waals surface area contributed by atoms with Crippen molar-refractivity contribution in [2.75, 3.05) is 0 Å². The Morgan fingerprint density at radius 3 is 2.00 bits per heavy atom. The van der Waals surface area contributed by atoms with Gasteiger partial charge in [0.1, 0.15) is 0 Å². The number of rotatable bonds is 4. The van der Waals surface area contributed by atoms with Crippen LogP contribution in [0.5, 0.6) is 0 Å². The summed E-state index contributed by atoms with van der Waals surface area (Å²) in [6, 6.07) is 9.13. The minimum atomic E-state index is -0.0655. The van der Waals surface area contributed by atoms with Crippen molar-refractivity contribution in [2.24, 2.45) is 0 Å². The van der Waals surface area contributed by atoms with Crippen LogP contribution in [0.15, 0.2) is 30.5 Å². The van der Waals surface area contributed by atoms with Crippen molar-refractivity contribution in [3.8, 4) is 0 Å².